The highest BCUT2D eigenvalue weighted by atomic mass is 32.1. The van der Waals surface area contributed by atoms with Crippen molar-refractivity contribution in [3.05, 3.63) is 40.4 Å². The molecule has 1 aromatic carbocycles. The average molecular weight is 444 g/mol. The predicted octanol–water partition coefficient (Wildman–Crippen LogP) is 4.27. The second kappa shape index (κ2) is 10.5. The largest absolute Gasteiger partial charge is 0.493 e. The molecule has 0 unspecified atom stereocenters. The van der Waals surface area contributed by atoms with Crippen LogP contribution in [0.2, 0.25) is 0 Å². The Bertz CT molecular complexity index is 962. The molecule has 0 aliphatic carbocycles. The summed E-state index contributed by atoms with van der Waals surface area (Å²) in [5.41, 5.74) is 1.71. The van der Waals surface area contributed by atoms with Crippen LogP contribution in [0.5, 0.6) is 11.5 Å². The number of rotatable bonds is 7. The molecule has 0 spiro atoms. The molecule has 1 aliphatic rings. The summed E-state index contributed by atoms with van der Waals surface area (Å²) in [5, 5.41) is 3.45. The number of aromatic nitrogens is 1. The highest BCUT2D eigenvalue weighted by Crippen LogP contribution is 2.29. The molecule has 0 saturated carbocycles. The maximum atomic E-state index is 12.4. The van der Waals surface area contributed by atoms with Gasteiger partial charge in [-0.25, -0.2) is 4.98 Å². The number of carbonyl (C=O) groups is 2. The minimum atomic E-state index is -0.422. The summed E-state index contributed by atoms with van der Waals surface area (Å²) in [5.74, 6) is 0.887. The third-order valence-corrected chi connectivity index (χ3v) is 6.29. The van der Waals surface area contributed by atoms with Gasteiger partial charge in [-0.1, -0.05) is 13.0 Å². The van der Waals surface area contributed by atoms with Crippen molar-refractivity contribution in [2.45, 2.75) is 40.2 Å². The fourth-order valence-corrected chi connectivity index (χ4v) is 4.41. The molecular weight excluding hydrogens is 414 g/mol. The monoisotopic (exact) mass is 443 g/mol. The summed E-state index contributed by atoms with van der Waals surface area (Å²) in [6.45, 7) is 8.74. The van der Waals surface area contributed by atoms with Crippen molar-refractivity contribution >= 4 is 34.4 Å². The molecule has 0 atom stereocenters. The van der Waals surface area contributed by atoms with E-state index in [-0.39, 0.29) is 5.91 Å². The number of thiazole rings is 1. The third-order valence-electron chi connectivity index (χ3n) is 5.23. The smallest absolute Gasteiger partial charge is 0.308 e. The van der Waals surface area contributed by atoms with Crippen LogP contribution in [-0.4, -0.2) is 42.0 Å². The molecule has 8 heteroatoms. The van der Waals surface area contributed by atoms with Gasteiger partial charge in [-0.15, -0.1) is 11.3 Å². The van der Waals surface area contributed by atoms with Crippen LogP contribution in [0, 0.1) is 12.8 Å². The molecule has 31 heavy (non-hydrogen) atoms. The number of piperidine rings is 1. The molecule has 2 aromatic rings. The number of methoxy groups -OCH3 is 1. The van der Waals surface area contributed by atoms with Gasteiger partial charge in [0.15, 0.2) is 16.6 Å². The van der Waals surface area contributed by atoms with Crippen molar-refractivity contribution in [2.24, 2.45) is 5.92 Å². The minimum absolute atomic E-state index is 0.255. The zero-order valence-electron chi connectivity index (χ0n) is 18.4. The normalized spacial score (nSPS) is 15.2. The first kappa shape index (κ1) is 23.0. The Morgan fingerprint density at radius 2 is 2.03 bits per heavy atom. The number of carbonyl (C=O) groups excluding carboxylic acids is 2. The van der Waals surface area contributed by atoms with E-state index in [9.17, 15) is 9.59 Å². The Balaban J connectivity index is 1.59. The first-order valence-corrected chi connectivity index (χ1v) is 11.2. The number of nitrogens with zero attached hydrogens (tertiary/aromatic N) is 2. The van der Waals surface area contributed by atoms with E-state index in [0.29, 0.717) is 16.6 Å². The zero-order chi connectivity index (χ0) is 22.4. The van der Waals surface area contributed by atoms with E-state index < -0.39 is 5.97 Å². The first-order valence-electron chi connectivity index (χ1n) is 10.4. The number of nitrogens with one attached hydrogen (secondary N) is 1. The van der Waals surface area contributed by atoms with Gasteiger partial charge in [-0.2, -0.15) is 0 Å². The molecule has 1 N–H and O–H groups in total. The van der Waals surface area contributed by atoms with Gasteiger partial charge < -0.3 is 9.47 Å². The second-order valence-electron chi connectivity index (χ2n) is 7.81. The van der Waals surface area contributed by atoms with Crippen molar-refractivity contribution in [1.82, 2.24) is 9.88 Å². The molecule has 1 amide bonds. The number of hydrogen-bond donors (Lipinski definition) is 1. The number of ether oxygens (including phenoxy) is 2. The third kappa shape index (κ3) is 6.63. The predicted molar refractivity (Wildman–Crippen MR) is 122 cm³/mol. The van der Waals surface area contributed by atoms with Crippen LogP contribution in [0.4, 0.5) is 5.13 Å². The molecule has 2 heterocycles. The fourth-order valence-electron chi connectivity index (χ4n) is 3.40. The van der Waals surface area contributed by atoms with Crippen molar-refractivity contribution < 1.29 is 19.1 Å². The lowest BCUT2D eigenvalue weighted by Crippen LogP contribution is -2.32. The van der Waals surface area contributed by atoms with Crippen molar-refractivity contribution in [3.63, 3.8) is 0 Å². The molecule has 3 rings (SSSR count). The van der Waals surface area contributed by atoms with E-state index in [0.717, 1.165) is 36.8 Å². The molecular formula is C23H29N3O4S. The molecule has 1 fully saturated rings. The maximum Gasteiger partial charge on any atom is 0.308 e. The topological polar surface area (TPSA) is 80.8 Å². The lowest BCUT2D eigenvalue weighted by molar-refractivity contribution is -0.132. The summed E-state index contributed by atoms with van der Waals surface area (Å²) >= 11 is 1.53. The van der Waals surface area contributed by atoms with Gasteiger partial charge in [0.2, 0.25) is 5.91 Å². The minimum Gasteiger partial charge on any atom is -0.493 e. The Labute approximate surface area is 187 Å². The second-order valence-corrected chi connectivity index (χ2v) is 8.90. The van der Waals surface area contributed by atoms with Crippen LogP contribution in [0.15, 0.2) is 24.3 Å². The van der Waals surface area contributed by atoms with Gasteiger partial charge >= 0.3 is 5.97 Å². The molecule has 1 saturated heterocycles. The molecule has 1 aliphatic heterocycles. The highest BCUT2D eigenvalue weighted by Gasteiger charge is 2.18. The van der Waals surface area contributed by atoms with Crippen molar-refractivity contribution in [1.29, 1.82) is 0 Å². The van der Waals surface area contributed by atoms with Crippen LogP contribution >= 0.6 is 11.3 Å². The SMILES string of the molecule is COc1cc(/C=C/C(=O)Nc2nc(C)c(CN3CCC(C)CC3)s2)ccc1OC(C)=O. The van der Waals surface area contributed by atoms with Crippen LogP contribution in [0.3, 0.4) is 0 Å². The molecule has 1 aromatic heterocycles. The number of aryl methyl sites for hydroxylation is 1. The van der Waals surface area contributed by atoms with Crippen LogP contribution in [0.1, 0.15) is 42.8 Å². The number of esters is 1. The zero-order valence-corrected chi connectivity index (χ0v) is 19.3. The Morgan fingerprint density at radius 1 is 1.29 bits per heavy atom. The summed E-state index contributed by atoms with van der Waals surface area (Å²) < 4.78 is 10.3. The average Bonchev–Trinajstić information content (AvgIpc) is 3.07. The number of hydrogen-bond acceptors (Lipinski definition) is 7. The number of anilines is 1. The van der Waals surface area contributed by atoms with Gasteiger partial charge in [-0.05, 0) is 62.5 Å². The van der Waals surface area contributed by atoms with Crippen molar-refractivity contribution in [3.8, 4) is 11.5 Å². The number of likely N-dealkylation sites (tertiary alicyclic amines) is 1. The number of benzene rings is 1. The van der Waals surface area contributed by atoms with Gasteiger partial charge in [0.05, 0.1) is 12.8 Å². The fraction of sp³-hybridized carbons (Fsp3) is 0.435. The van der Waals surface area contributed by atoms with E-state index in [1.54, 1.807) is 24.3 Å². The highest BCUT2D eigenvalue weighted by molar-refractivity contribution is 7.15. The Hall–Kier alpha value is -2.71. The standard InChI is InChI=1S/C23H29N3O4S/c1-15-9-11-26(12-10-15)14-21-16(2)24-23(31-21)25-22(28)8-6-18-5-7-19(30-17(3)27)20(13-18)29-4/h5-8,13,15H,9-12,14H2,1-4H3,(H,24,25,28)/b8-6+. The first-order chi connectivity index (χ1) is 14.8. The van der Waals surface area contributed by atoms with E-state index in [2.05, 4.69) is 22.1 Å². The molecule has 7 nitrogen and oxygen atoms in total. The molecule has 0 bridgehead atoms. The van der Waals surface area contributed by atoms with Gasteiger partial charge in [0, 0.05) is 24.4 Å². The summed E-state index contributed by atoms with van der Waals surface area (Å²) in [7, 11) is 1.50. The lowest BCUT2D eigenvalue weighted by atomic mass is 9.99. The van der Waals surface area contributed by atoms with E-state index >= 15 is 0 Å². The maximum absolute atomic E-state index is 12.4. The van der Waals surface area contributed by atoms with Gasteiger partial charge in [-0.3, -0.25) is 19.8 Å². The van der Waals surface area contributed by atoms with E-state index in [4.69, 9.17) is 9.47 Å². The van der Waals surface area contributed by atoms with E-state index in [1.165, 1.54) is 49.2 Å². The molecule has 166 valence electrons. The Morgan fingerprint density at radius 3 is 2.71 bits per heavy atom. The van der Waals surface area contributed by atoms with Crippen LogP contribution in [-0.2, 0) is 16.1 Å². The lowest BCUT2D eigenvalue weighted by Gasteiger charge is -2.29. The van der Waals surface area contributed by atoms with Gasteiger partial charge in [0.25, 0.3) is 0 Å². The summed E-state index contributed by atoms with van der Waals surface area (Å²) in [6.07, 6.45) is 5.59. The van der Waals surface area contributed by atoms with E-state index in [1.807, 2.05) is 6.92 Å². The summed E-state index contributed by atoms with van der Waals surface area (Å²) in [6, 6.07) is 5.08. The quantitative estimate of drug-likeness (QED) is 0.391. The van der Waals surface area contributed by atoms with Crippen LogP contribution in [0.25, 0.3) is 6.08 Å². The van der Waals surface area contributed by atoms with Crippen molar-refractivity contribution in [2.75, 3.05) is 25.5 Å². The molecule has 0 radical (unpaired) electrons. The van der Waals surface area contributed by atoms with Gasteiger partial charge in [0.1, 0.15) is 0 Å². The Kier molecular flexibility index (Phi) is 7.81. The van der Waals surface area contributed by atoms with Crippen LogP contribution < -0.4 is 14.8 Å². The summed E-state index contributed by atoms with van der Waals surface area (Å²) in [4.78, 5) is 31.7. The number of amides is 1.